The van der Waals surface area contributed by atoms with Gasteiger partial charge in [-0.15, -0.1) is 0 Å². The van der Waals surface area contributed by atoms with Crippen LogP contribution >= 0.6 is 0 Å². The maximum absolute atomic E-state index is 6.41. The van der Waals surface area contributed by atoms with E-state index in [1.807, 2.05) is 60.7 Å². The Morgan fingerprint density at radius 3 is 1.41 bits per heavy atom. The summed E-state index contributed by atoms with van der Waals surface area (Å²) in [6.45, 7) is 0.390. The Bertz CT molecular complexity index is 403. The summed E-state index contributed by atoms with van der Waals surface area (Å²) >= 11 is 0. The molecule has 0 aliphatic heterocycles. The van der Waals surface area contributed by atoms with E-state index in [1.165, 1.54) is 0 Å². The standard InChI is InChI=1S/C14H16N2.Pt/c15-11-14(16,12-7-3-1-4-8-12)13-9-5-2-6-10-13;/h1-10H,11,15-16H2;. The topological polar surface area (TPSA) is 52.0 Å². The van der Waals surface area contributed by atoms with Crippen molar-refractivity contribution >= 4 is 0 Å². The molecular formula is C14H16N2Pt. The van der Waals surface area contributed by atoms with Crippen molar-refractivity contribution in [2.45, 2.75) is 5.54 Å². The zero-order valence-corrected chi connectivity index (χ0v) is 11.7. The molecule has 0 aliphatic rings. The van der Waals surface area contributed by atoms with E-state index < -0.39 is 5.54 Å². The van der Waals surface area contributed by atoms with Gasteiger partial charge in [-0.1, -0.05) is 60.7 Å². The van der Waals surface area contributed by atoms with Crippen LogP contribution in [-0.2, 0) is 26.6 Å². The van der Waals surface area contributed by atoms with Crippen LogP contribution < -0.4 is 11.5 Å². The van der Waals surface area contributed by atoms with E-state index in [9.17, 15) is 0 Å². The van der Waals surface area contributed by atoms with Gasteiger partial charge < -0.3 is 11.5 Å². The molecule has 0 bridgehead atoms. The van der Waals surface area contributed by atoms with Crippen molar-refractivity contribution < 1.29 is 21.1 Å². The van der Waals surface area contributed by atoms with E-state index in [4.69, 9.17) is 11.5 Å². The van der Waals surface area contributed by atoms with Gasteiger partial charge in [-0.05, 0) is 11.1 Å². The SMILES string of the molecule is NCC(N)(c1ccccc1)c1ccccc1.[Pt]. The fraction of sp³-hybridized carbons (Fsp3) is 0.143. The molecule has 0 radical (unpaired) electrons. The quantitative estimate of drug-likeness (QED) is 0.816. The molecule has 92 valence electrons. The van der Waals surface area contributed by atoms with E-state index in [-0.39, 0.29) is 21.1 Å². The molecule has 0 aromatic heterocycles. The molecule has 0 heterocycles. The van der Waals surface area contributed by atoms with Crippen LogP contribution in [-0.4, -0.2) is 6.54 Å². The normalized spacial score (nSPS) is 10.7. The van der Waals surface area contributed by atoms with E-state index in [2.05, 4.69) is 0 Å². The predicted molar refractivity (Wildman–Crippen MR) is 66.9 cm³/mol. The summed E-state index contributed by atoms with van der Waals surface area (Å²) in [5.74, 6) is 0. The van der Waals surface area contributed by atoms with Gasteiger partial charge in [0.2, 0.25) is 0 Å². The number of hydrogen-bond donors (Lipinski definition) is 2. The van der Waals surface area contributed by atoms with Crippen LogP contribution in [0, 0.1) is 0 Å². The smallest absolute Gasteiger partial charge is 0.0789 e. The molecule has 2 rings (SSSR count). The fourth-order valence-electron chi connectivity index (χ4n) is 1.87. The van der Waals surface area contributed by atoms with Crippen LogP contribution in [0.15, 0.2) is 60.7 Å². The summed E-state index contributed by atoms with van der Waals surface area (Å²) in [6.07, 6.45) is 0. The third-order valence-electron chi connectivity index (χ3n) is 2.90. The molecule has 17 heavy (non-hydrogen) atoms. The Kier molecular flexibility index (Phi) is 5.07. The monoisotopic (exact) mass is 407 g/mol. The average molecular weight is 407 g/mol. The number of benzene rings is 2. The second-order valence-electron chi connectivity index (χ2n) is 3.91. The largest absolute Gasteiger partial charge is 0.328 e. The summed E-state index contributed by atoms with van der Waals surface area (Å²) in [5.41, 5.74) is 13.8. The van der Waals surface area contributed by atoms with Crippen molar-refractivity contribution in [3.8, 4) is 0 Å². The maximum Gasteiger partial charge on any atom is 0.0789 e. The molecule has 0 unspecified atom stereocenters. The molecule has 3 heteroatoms. The van der Waals surface area contributed by atoms with Crippen LogP contribution in [0.5, 0.6) is 0 Å². The van der Waals surface area contributed by atoms with Crippen LogP contribution in [0.3, 0.4) is 0 Å². The Balaban J connectivity index is 0.00000144. The summed E-state index contributed by atoms with van der Waals surface area (Å²) in [5, 5.41) is 0. The first kappa shape index (κ1) is 14.1. The third kappa shape index (κ3) is 2.84. The van der Waals surface area contributed by atoms with Gasteiger partial charge in [-0.25, -0.2) is 0 Å². The summed E-state index contributed by atoms with van der Waals surface area (Å²) in [6, 6.07) is 19.9. The van der Waals surface area contributed by atoms with E-state index in [0.29, 0.717) is 6.54 Å². The molecule has 0 amide bonds. The van der Waals surface area contributed by atoms with E-state index in [0.717, 1.165) is 11.1 Å². The van der Waals surface area contributed by atoms with Crippen molar-refractivity contribution in [3.63, 3.8) is 0 Å². The zero-order valence-electron chi connectivity index (χ0n) is 9.45. The van der Waals surface area contributed by atoms with E-state index in [1.54, 1.807) is 0 Å². The predicted octanol–water partition coefficient (Wildman–Crippen LogP) is 1.85. The van der Waals surface area contributed by atoms with Crippen LogP contribution in [0.4, 0.5) is 0 Å². The van der Waals surface area contributed by atoms with Crippen molar-refractivity contribution in [2.24, 2.45) is 11.5 Å². The molecule has 0 saturated heterocycles. The van der Waals surface area contributed by atoms with Crippen molar-refractivity contribution in [2.75, 3.05) is 6.54 Å². The Morgan fingerprint density at radius 2 is 1.12 bits per heavy atom. The zero-order chi connectivity index (χ0) is 11.4. The van der Waals surface area contributed by atoms with Gasteiger partial charge in [-0.3, -0.25) is 0 Å². The molecule has 2 aromatic rings. The summed E-state index contributed by atoms with van der Waals surface area (Å²) in [7, 11) is 0. The van der Waals surface area contributed by atoms with Crippen molar-refractivity contribution in [1.82, 2.24) is 0 Å². The molecule has 0 fully saturated rings. The minimum absolute atomic E-state index is 0. The molecule has 0 spiro atoms. The second kappa shape index (κ2) is 6.11. The van der Waals surface area contributed by atoms with Crippen molar-refractivity contribution in [3.05, 3.63) is 71.8 Å². The van der Waals surface area contributed by atoms with Crippen LogP contribution in [0.2, 0.25) is 0 Å². The Hall–Kier alpha value is -0.952. The minimum atomic E-state index is -0.595. The molecule has 4 N–H and O–H groups in total. The first-order valence-electron chi connectivity index (χ1n) is 5.37. The Labute approximate surface area is 116 Å². The van der Waals surface area contributed by atoms with Crippen LogP contribution in [0.1, 0.15) is 11.1 Å². The Morgan fingerprint density at radius 1 is 0.765 bits per heavy atom. The third-order valence-corrected chi connectivity index (χ3v) is 2.90. The van der Waals surface area contributed by atoms with Crippen LogP contribution in [0.25, 0.3) is 0 Å². The van der Waals surface area contributed by atoms with Gasteiger partial charge in [0.25, 0.3) is 0 Å². The van der Waals surface area contributed by atoms with Gasteiger partial charge in [0.15, 0.2) is 0 Å². The molecule has 0 aliphatic carbocycles. The average Bonchev–Trinajstić information content (AvgIpc) is 2.40. The molecule has 0 atom stereocenters. The minimum Gasteiger partial charge on any atom is -0.328 e. The molecule has 2 aromatic carbocycles. The molecule has 0 saturated carbocycles. The maximum atomic E-state index is 6.41. The van der Waals surface area contributed by atoms with Gasteiger partial charge in [0.05, 0.1) is 5.54 Å². The summed E-state index contributed by atoms with van der Waals surface area (Å²) < 4.78 is 0. The summed E-state index contributed by atoms with van der Waals surface area (Å²) in [4.78, 5) is 0. The molecule has 2 nitrogen and oxygen atoms in total. The number of nitrogens with two attached hydrogens (primary N) is 2. The fourth-order valence-corrected chi connectivity index (χ4v) is 1.87. The first-order valence-corrected chi connectivity index (χ1v) is 5.37. The first-order chi connectivity index (χ1) is 7.77. The molecular weight excluding hydrogens is 391 g/mol. The van der Waals surface area contributed by atoms with Gasteiger partial charge in [0.1, 0.15) is 0 Å². The van der Waals surface area contributed by atoms with Gasteiger partial charge in [0, 0.05) is 27.6 Å². The second-order valence-corrected chi connectivity index (χ2v) is 3.91. The van der Waals surface area contributed by atoms with Crippen molar-refractivity contribution in [1.29, 1.82) is 0 Å². The van der Waals surface area contributed by atoms with Gasteiger partial charge >= 0.3 is 0 Å². The number of rotatable bonds is 3. The van der Waals surface area contributed by atoms with Gasteiger partial charge in [-0.2, -0.15) is 0 Å². The number of hydrogen-bond acceptors (Lipinski definition) is 2. The van der Waals surface area contributed by atoms with E-state index >= 15 is 0 Å².